The van der Waals surface area contributed by atoms with Crippen molar-refractivity contribution in [2.75, 3.05) is 13.2 Å². The van der Waals surface area contributed by atoms with Crippen molar-refractivity contribution in [3.63, 3.8) is 0 Å². The van der Waals surface area contributed by atoms with Gasteiger partial charge in [-0.2, -0.15) is 4.98 Å². The fraction of sp³-hybridized carbons (Fsp3) is 0.700. The summed E-state index contributed by atoms with van der Waals surface area (Å²) < 4.78 is 7.68. The molecule has 2 rings (SSSR count). The van der Waals surface area contributed by atoms with E-state index >= 15 is 0 Å². The van der Waals surface area contributed by atoms with E-state index in [4.69, 9.17) is 10.5 Å². The van der Waals surface area contributed by atoms with Gasteiger partial charge in [0, 0.05) is 13.0 Å². The number of ether oxygens (including phenoxy) is 1. The fourth-order valence-electron chi connectivity index (χ4n) is 1.72. The van der Waals surface area contributed by atoms with Crippen molar-refractivity contribution < 1.29 is 4.74 Å². The summed E-state index contributed by atoms with van der Waals surface area (Å²) in [5, 5.41) is 0. The molecule has 2 N–H and O–H groups in total. The third-order valence-corrected chi connectivity index (χ3v) is 2.48. The highest BCUT2D eigenvalue weighted by molar-refractivity contribution is 5.11. The van der Waals surface area contributed by atoms with Gasteiger partial charge in [-0.3, -0.25) is 0 Å². The molecule has 1 aromatic rings. The molecule has 0 amide bonds. The molecule has 0 saturated carbocycles. The zero-order valence-electron chi connectivity index (χ0n) is 8.41. The quantitative estimate of drug-likeness (QED) is 0.728. The molecule has 78 valence electrons. The summed E-state index contributed by atoms with van der Waals surface area (Å²) in [4.78, 5) is 4.42. The van der Waals surface area contributed by atoms with Crippen LogP contribution in [0.1, 0.15) is 25.1 Å². The summed E-state index contributed by atoms with van der Waals surface area (Å²) >= 11 is 0. The van der Waals surface area contributed by atoms with Gasteiger partial charge in [-0.15, -0.1) is 0 Å². The van der Waals surface area contributed by atoms with E-state index in [2.05, 4.69) is 9.55 Å². The molecule has 0 aliphatic carbocycles. The predicted molar refractivity (Wildman–Crippen MR) is 54.3 cm³/mol. The zero-order valence-corrected chi connectivity index (χ0v) is 8.41. The Morgan fingerprint density at radius 1 is 1.50 bits per heavy atom. The maximum atomic E-state index is 5.49. The second-order valence-corrected chi connectivity index (χ2v) is 3.64. The van der Waals surface area contributed by atoms with Crippen LogP contribution in [-0.2, 0) is 13.0 Å². The molecule has 4 heteroatoms. The molecule has 1 aliphatic rings. The van der Waals surface area contributed by atoms with Gasteiger partial charge in [0.15, 0.2) is 0 Å². The highest BCUT2D eigenvalue weighted by atomic mass is 16.5. The first-order valence-electron chi connectivity index (χ1n) is 5.29. The zero-order chi connectivity index (χ0) is 9.80. The van der Waals surface area contributed by atoms with Crippen LogP contribution < -0.4 is 10.5 Å². The lowest BCUT2D eigenvalue weighted by molar-refractivity contribution is 0.302. The van der Waals surface area contributed by atoms with Gasteiger partial charge in [0.1, 0.15) is 5.82 Å². The number of nitrogens with two attached hydrogens (primary N) is 1. The number of hydrogen-bond donors (Lipinski definition) is 1. The fourth-order valence-corrected chi connectivity index (χ4v) is 1.72. The standard InChI is InChI=1S/C10H17N3O/c11-5-3-7-14-10-8-13-6-2-1-4-9(13)12-10/h8H,1-7,11H2. The van der Waals surface area contributed by atoms with E-state index in [-0.39, 0.29) is 0 Å². The third-order valence-electron chi connectivity index (χ3n) is 2.48. The SMILES string of the molecule is NCCCOc1cn2c(n1)CCCC2. The Balaban J connectivity index is 1.94. The van der Waals surface area contributed by atoms with Gasteiger partial charge in [-0.25, -0.2) is 0 Å². The predicted octanol–water partition coefficient (Wildman–Crippen LogP) is 0.947. The van der Waals surface area contributed by atoms with Crippen molar-refractivity contribution in [1.29, 1.82) is 0 Å². The topological polar surface area (TPSA) is 53.1 Å². The number of rotatable bonds is 4. The van der Waals surface area contributed by atoms with Gasteiger partial charge < -0.3 is 15.0 Å². The minimum atomic E-state index is 0.674. The van der Waals surface area contributed by atoms with Gasteiger partial charge in [0.05, 0.1) is 12.8 Å². The molecule has 0 saturated heterocycles. The highest BCUT2D eigenvalue weighted by Crippen LogP contribution is 2.18. The first kappa shape index (κ1) is 9.52. The summed E-state index contributed by atoms with van der Waals surface area (Å²) in [6.45, 7) is 2.43. The Bertz CT molecular complexity index is 272. The van der Waals surface area contributed by atoms with E-state index in [1.165, 1.54) is 18.7 Å². The van der Waals surface area contributed by atoms with Crippen LogP contribution in [0.15, 0.2) is 6.20 Å². The van der Waals surface area contributed by atoms with Gasteiger partial charge in [0.25, 0.3) is 0 Å². The average Bonchev–Trinajstić information content (AvgIpc) is 2.60. The summed E-state index contributed by atoms with van der Waals surface area (Å²) in [5.41, 5.74) is 5.38. The van der Waals surface area contributed by atoms with E-state index < -0.39 is 0 Å². The maximum Gasteiger partial charge on any atom is 0.231 e. The Morgan fingerprint density at radius 2 is 2.43 bits per heavy atom. The molecule has 1 aliphatic heterocycles. The van der Waals surface area contributed by atoms with Crippen molar-refractivity contribution in [1.82, 2.24) is 9.55 Å². The lowest BCUT2D eigenvalue weighted by atomic mass is 10.2. The first-order valence-corrected chi connectivity index (χ1v) is 5.29. The van der Waals surface area contributed by atoms with Gasteiger partial charge >= 0.3 is 0 Å². The van der Waals surface area contributed by atoms with E-state index in [0.29, 0.717) is 13.2 Å². The number of aryl methyl sites for hydroxylation is 2. The molecule has 0 unspecified atom stereocenters. The van der Waals surface area contributed by atoms with Gasteiger partial charge in [-0.05, 0) is 25.8 Å². The molecule has 0 aromatic carbocycles. The van der Waals surface area contributed by atoms with Crippen LogP contribution in [0.5, 0.6) is 5.88 Å². The molecule has 0 radical (unpaired) electrons. The molecule has 0 spiro atoms. The van der Waals surface area contributed by atoms with Crippen molar-refractivity contribution in [2.24, 2.45) is 5.73 Å². The summed E-state index contributed by atoms with van der Waals surface area (Å²) in [6, 6.07) is 0. The lowest BCUT2D eigenvalue weighted by Crippen LogP contribution is -2.08. The van der Waals surface area contributed by atoms with Crippen LogP contribution in [-0.4, -0.2) is 22.7 Å². The van der Waals surface area contributed by atoms with Crippen LogP contribution >= 0.6 is 0 Å². The molecular formula is C10H17N3O. The van der Waals surface area contributed by atoms with Crippen LogP contribution in [0.25, 0.3) is 0 Å². The summed E-state index contributed by atoms with van der Waals surface area (Å²) in [7, 11) is 0. The van der Waals surface area contributed by atoms with Gasteiger partial charge in [-0.1, -0.05) is 0 Å². The van der Waals surface area contributed by atoms with Crippen molar-refractivity contribution in [2.45, 2.75) is 32.2 Å². The molecule has 0 atom stereocenters. The Kier molecular flexibility index (Phi) is 3.03. The van der Waals surface area contributed by atoms with Gasteiger partial charge in [0.2, 0.25) is 5.88 Å². The smallest absolute Gasteiger partial charge is 0.231 e. The molecule has 0 bridgehead atoms. The Labute approximate surface area is 84.1 Å². The average molecular weight is 195 g/mol. The Morgan fingerprint density at radius 3 is 3.21 bits per heavy atom. The molecule has 14 heavy (non-hydrogen) atoms. The van der Waals surface area contributed by atoms with Crippen LogP contribution in [0.4, 0.5) is 0 Å². The normalized spacial score (nSPS) is 15.2. The third kappa shape index (κ3) is 2.07. The van der Waals surface area contributed by atoms with Crippen LogP contribution in [0.3, 0.4) is 0 Å². The Hall–Kier alpha value is -1.03. The van der Waals surface area contributed by atoms with E-state index in [1.54, 1.807) is 0 Å². The maximum absolute atomic E-state index is 5.49. The number of nitrogens with zero attached hydrogens (tertiary/aromatic N) is 2. The molecule has 4 nitrogen and oxygen atoms in total. The number of fused-ring (bicyclic) bond motifs is 1. The number of imidazole rings is 1. The largest absolute Gasteiger partial charge is 0.477 e. The summed E-state index contributed by atoms with van der Waals surface area (Å²) in [6.07, 6.45) is 6.48. The van der Waals surface area contributed by atoms with E-state index in [9.17, 15) is 0 Å². The molecule has 2 heterocycles. The number of aromatic nitrogens is 2. The number of hydrogen-bond acceptors (Lipinski definition) is 3. The minimum Gasteiger partial charge on any atom is -0.477 e. The van der Waals surface area contributed by atoms with E-state index in [1.807, 2.05) is 6.20 Å². The van der Waals surface area contributed by atoms with Crippen molar-refractivity contribution in [3.05, 3.63) is 12.0 Å². The van der Waals surface area contributed by atoms with E-state index in [0.717, 1.165) is 25.3 Å². The lowest BCUT2D eigenvalue weighted by Gasteiger charge is -2.11. The van der Waals surface area contributed by atoms with Crippen LogP contribution in [0.2, 0.25) is 0 Å². The first-order chi connectivity index (χ1) is 6.90. The highest BCUT2D eigenvalue weighted by Gasteiger charge is 2.12. The molecular weight excluding hydrogens is 178 g/mol. The summed E-state index contributed by atoms with van der Waals surface area (Å²) in [5.74, 6) is 1.93. The van der Waals surface area contributed by atoms with Crippen molar-refractivity contribution in [3.8, 4) is 5.88 Å². The molecule has 1 aromatic heterocycles. The second-order valence-electron chi connectivity index (χ2n) is 3.64. The minimum absolute atomic E-state index is 0.674. The van der Waals surface area contributed by atoms with Crippen molar-refractivity contribution >= 4 is 0 Å². The second kappa shape index (κ2) is 4.46. The molecule has 0 fully saturated rings. The van der Waals surface area contributed by atoms with Crippen LogP contribution in [0, 0.1) is 0 Å². The monoisotopic (exact) mass is 195 g/mol.